The van der Waals surface area contributed by atoms with Gasteiger partial charge in [0, 0.05) is 0 Å². The van der Waals surface area contributed by atoms with E-state index in [-0.39, 0.29) is 24.4 Å². The maximum Gasteiger partial charge on any atom is 0.433 e. The van der Waals surface area contributed by atoms with Crippen molar-refractivity contribution in [3.63, 3.8) is 0 Å². The number of carbonyl (C=O) groups is 2. The third-order valence-electron chi connectivity index (χ3n) is 5.40. The van der Waals surface area contributed by atoms with E-state index in [2.05, 4.69) is 5.10 Å². The molecule has 0 atom stereocenters. The smallest absolute Gasteiger partial charge is 0.433 e. The Morgan fingerprint density at radius 1 is 1.24 bits per heavy atom. The van der Waals surface area contributed by atoms with E-state index in [0.717, 1.165) is 17.3 Å². The highest BCUT2D eigenvalue weighted by molar-refractivity contribution is 5.90. The molecule has 0 aliphatic heterocycles. The highest BCUT2D eigenvalue weighted by atomic mass is 19.4. The summed E-state index contributed by atoms with van der Waals surface area (Å²) in [5.74, 6) is -1.29. The van der Waals surface area contributed by atoms with Gasteiger partial charge in [0.15, 0.2) is 5.69 Å². The number of hydrogen-bond donors (Lipinski definition) is 0. The first kappa shape index (κ1) is 23.2. The number of alkyl halides is 3. The van der Waals surface area contributed by atoms with Crippen LogP contribution in [0.25, 0.3) is 0 Å². The molecule has 1 aliphatic rings. The van der Waals surface area contributed by atoms with Crippen molar-refractivity contribution in [1.82, 2.24) is 9.78 Å². The van der Waals surface area contributed by atoms with Crippen molar-refractivity contribution >= 4 is 11.9 Å². The second kappa shape index (κ2) is 9.63. The van der Waals surface area contributed by atoms with E-state index in [1.54, 1.807) is 6.92 Å². The minimum Gasteiger partial charge on any atom is -0.466 e. The van der Waals surface area contributed by atoms with Crippen molar-refractivity contribution in [3.05, 3.63) is 17.5 Å². The average molecular weight is 418 g/mol. The van der Waals surface area contributed by atoms with Crippen molar-refractivity contribution in [3.8, 4) is 0 Å². The van der Waals surface area contributed by atoms with Crippen LogP contribution in [0.2, 0.25) is 0 Å². The molecule has 0 unspecified atom stereocenters. The molecule has 1 aliphatic carbocycles. The quantitative estimate of drug-likeness (QED) is 0.442. The minimum atomic E-state index is -4.72. The Morgan fingerprint density at radius 3 is 2.45 bits per heavy atom. The molecule has 0 saturated heterocycles. The van der Waals surface area contributed by atoms with Gasteiger partial charge in [-0.15, -0.1) is 0 Å². The van der Waals surface area contributed by atoms with Crippen LogP contribution in [0.4, 0.5) is 13.2 Å². The van der Waals surface area contributed by atoms with Crippen LogP contribution in [0.3, 0.4) is 0 Å². The lowest BCUT2D eigenvalue weighted by atomic mass is 9.72. The second-order valence-electron chi connectivity index (χ2n) is 7.86. The predicted octanol–water partition coefficient (Wildman–Crippen LogP) is 4.93. The number of hydrogen-bond acceptors (Lipinski definition) is 5. The Morgan fingerprint density at radius 2 is 1.90 bits per heavy atom. The number of unbranched alkanes of at least 4 members (excludes halogenated alkanes) is 1. The monoisotopic (exact) mass is 418 g/mol. The zero-order chi connectivity index (χ0) is 21.7. The summed E-state index contributed by atoms with van der Waals surface area (Å²) in [5.41, 5.74) is -1.91. The number of esters is 2. The lowest BCUT2D eigenvalue weighted by molar-refractivity contribution is -0.146. The van der Waals surface area contributed by atoms with E-state index in [1.165, 1.54) is 0 Å². The van der Waals surface area contributed by atoms with E-state index in [9.17, 15) is 22.8 Å². The minimum absolute atomic E-state index is 0.0768. The van der Waals surface area contributed by atoms with Gasteiger partial charge in [0.1, 0.15) is 5.56 Å². The van der Waals surface area contributed by atoms with E-state index in [1.807, 2.05) is 13.8 Å². The first-order valence-electron chi connectivity index (χ1n) is 10.1. The van der Waals surface area contributed by atoms with Gasteiger partial charge in [-0.1, -0.05) is 20.3 Å². The molecule has 9 heteroatoms. The fourth-order valence-corrected chi connectivity index (χ4v) is 3.74. The molecule has 1 heterocycles. The fourth-order valence-electron chi connectivity index (χ4n) is 3.74. The van der Waals surface area contributed by atoms with E-state index in [4.69, 9.17) is 9.47 Å². The second-order valence-corrected chi connectivity index (χ2v) is 7.86. The van der Waals surface area contributed by atoms with Gasteiger partial charge < -0.3 is 9.47 Å². The van der Waals surface area contributed by atoms with Gasteiger partial charge in [0.25, 0.3) is 0 Å². The van der Waals surface area contributed by atoms with Gasteiger partial charge in [-0.25, -0.2) is 4.79 Å². The van der Waals surface area contributed by atoms with Crippen molar-refractivity contribution in [2.45, 2.75) is 77.9 Å². The van der Waals surface area contributed by atoms with Crippen LogP contribution >= 0.6 is 0 Å². The third-order valence-corrected chi connectivity index (χ3v) is 5.40. The SMILES string of the molecule is CCCCOC(=O)c1cnn(C2CCC(C)(CC(=O)OCC)CC2)c1C(F)(F)F. The van der Waals surface area contributed by atoms with Gasteiger partial charge in [-0.05, 0) is 44.4 Å². The summed E-state index contributed by atoms with van der Waals surface area (Å²) in [4.78, 5) is 23.9. The predicted molar refractivity (Wildman–Crippen MR) is 99.3 cm³/mol. The van der Waals surface area contributed by atoms with Crippen LogP contribution in [-0.4, -0.2) is 34.9 Å². The molecule has 1 fully saturated rings. The van der Waals surface area contributed by atoms with Gasteiger partial charge >= 0.3 is 18.1 Å². The molecule has 0 aromatic carbocycles. The Kier molecular flexibility index (Phi) is 7.71. The van der Waals surface area contributed by atoms with Crippen LogP contribution in [-0.2, 0) is 20.4 Å². The number of rotatable bonds is 8. The Hall–Kier alpha value is -2.06. The van der Waals surface area contributed by atoms with Crippen LogP contribution in [0.1, 0.15) is 87.8 Å². The number of ether oxygens (including phenoxy) is 2. The molecule has 1 saturated carbocycles. The molecule has 0 N–H and O–H groups in total. The summed E-state index contributed by atoms with van der Waals surface area (Å²) in [6.45, 7) is 5.96. The molecule has 0 spiro atoms. The van der Waals surface area contributed by atoms with Crippen molar-refractivity contribution in [2.75, 3.05) is 13.2 Å². The largest absolute Gasteiger partial charge is 0.466 e. The maximum absolute atomic E-state index is 13.7. The average Bonchev–Trinajstić information content (AvgIpc) is 3.08. The van der Waals surface area contributed by atoms with Gasteiger partial charge in [0.2, 0.25) is 0 Å². The van der Waals surface area contributed by atoms with Gasteiger partial charge in [-0.3, -0.25) is 9.48 Å². The van der Waals surface area contributed by atoms with E-state index in [0.29, 0.717) is 38.7 Å². The van der Waals surface area contributed by atoms with Crippen LogP contribution in [0.15, 0.2) is 6.20 Å². The summed E-state index contributed by atoms with van der Waals surface area (Å²) < 4.78 is 52.1. The number of halogens is 3. The Bertz CT molecular complexity index is 707. The molecule has 1 aromatic heterocycles. The molecule has 0 radical (unpaired) electrons. The van der Waals surface area contributed by atoms with Crippen LogP contribution in [0.5, 0.6) is 0 Å². The lowest BCUT2D eigenvalue weighted by Gasteiger charge is -2.37. The van der Waals surface area contributed by atoms with Crippen molar-refractivity contribution in [1.29, 1.82) is 0 Å². The van der Waals surface area contributed by atoms with Crippen molar-refractivity contribution in [2.24, 2.45) is 5.41 Å². The molecular weight excluding hydrogens is 389 g/mol. The van der Waals surface area contributed by atoms with Gasteiger partial charge in [0.05, 0.1) is 31.9 Å². The molecular formula is C20H29F3N2O4. The Labute approximate surface area is 168 Å². The zero-order valence-electron chi connectivity index (χ0n) is 17.2. The number of carbonyl (C=O) groups excluding carboxylic acids is 2. The van der Waals surface area contributed by atoms with Crippen molar-refractivity contribution < 1.29 is 32.2 Å². The normalized spacial score (nSPS) is 22.3. The Balaban J connectivity index is 2.15. The molecule has 0 amide bonds. The molecule has 2 rings (SSSR count). The third kappa shape index (κ3) is 5.96. The highest BCUT2D eigenvalue weighted by Gasteiger charge is 2.43. The first-order valence-corrected chi connectivity index (χ1v) is 10.1. The molecule has 1 aromatic rings. The maximum atomic E-state index is 13.7. The zero-order valence-corrected chi connectivity index (χ0v) is 17.2. The first-order chi connectivity index (χ1) is 13.6. The van der Waals surface area contributed by atoms with E-state index >= 15 is 0 Å². The molecule has 0 bridgehead atoms. The summed E-state index contributed by atoms with van der Waals surface area (Å²) in [6.07, 6.45) is -0.156. The summed E-state index contributed by atoms with van der Waals surface area (Å²) in [7, 11) is 0. The van der Waals surface area contributed by atoms with Gasteiger partial charge in [-0.2, -0.15) is 18.3 Å². The van der Waals surface area contributed by atoms with Crippen LogP contribution in [0, 0.1) is 5.41 Å². The van der Waals surface area contributed by atoms with E-state index < -0.39 is 29.4 Å². The fraction of sp³-hybridized carbons (Fsp3) is 0.750. The van der Waals surface area contributed by atoms with Crippen LogP contribution < -0.4 is 0 Å². The molecule has 164 valence electrons. The summed E-state index contributed by atoms with van der Waals surface area (Å²) in [5, 5.41) is 3.90. The topological polar surface area (TPSA) is 70.4 Å². The molecule has 29 heavy (non-hydrogen) atoms. The summed E-state index contributed by atoms with van der Waals surface area (Å²) in [6, 6.07) is -0.487. The highest BCUT2D eigenvalue weighted by Crippen LogP contribution is 2.45. The standard InChI is InChI=1S/C20H29F3N2O4/c1-4-6-11-29-18(27)15-13-24-25(17(15)20(21,22)23)14-7-9-19(3,10-8-14)12-16(26)28-5-2/h13-14H,4-12H2,1-3H3. The number of aromatic nitrogens is 2. The summed E-state index contributed by atoms with van der Waals surface area (Å²) >= 11 is 0. The number of nitrogens with zero attached hydrogens (tertiary/aromatic N) is 2. The molecule has 6 nitrogen and oxygen atoms in total. The lowest BCUT2D eigenvalue weighted by Crippen LogP contribution is -2.31.